The number of rotatable bonds is 4. The number of likely N-dealkylation sites (N-methyl/N-ethyl adjacent to an activating group) is 1. The van der Waals surface area contributed by atoms with Crippen molar-refractivity contribution in [1.82, 2.24) is 19.9 Å². The van der Waals surface area contributed by atoms with Gasteiger partial charge in [-0.3, -0.25) is 4.79 Å². The largest absolute Gasteiger partial charge is 0.397 e. The number of pyridine rings is 1. The summed E-state index contributed by atoms with van der Waals surface area (Å²) in [5, 5.41) is 0.803. The predicted molar refractivity (Wildman–Crippen MR) is 129 cm³/mol. The number of H-pyrrole nitrogens is 2. The summed E-state index contributed by atoms with van der Waals surface area (Å²) in [6, 6.07) is 13.9. The lowest BCUT2D eigenvalue weighted by Gasteiger charge is -2.40. The molecule has 0 radical (unpaired) electrons. The minimum atomic E-state index is -0.256. The third-order valence-electron chi connectivity index (χ3n) is 6.07. The molecule has 2 aromatic heterocycles. The molecule has 0 aliphatic carbocycles. The Morgan fingerprint density at radius 3 is 2.81 bits per heavy atom. The second kappa shape index (κ2) is 7.96. The smallest absolute Gasteiger partial charge is 0.261 e. The van der Waals surface area contributed by atoms with Crippen LogP contribution in [0.4, 0.5) is 11.4 Å². The molecular weight excluding hydrogens is 404 g/mol. The Labute approximate surface area is 186 Å². The lowest BCUT2D eigenvalue weighted by Crippen LogP contribution is -2.51. The second-order valence-corrected chi connectivity index (χ2v) is 8.79. The average molecular weight is 433 g/mol. The highest BCUT2D eigenvalue weighted by Crippen LogP contribution is 2.30. The molecule has 4 N–H and O–H groups in total. The van der Waals surface area contributed by atoms with Gasteiger partial charge in [-0.15, -0.1) is 0 Å². The van der Waals surface area contributed by atoms with Crippen molar-refractivity contribution < 1.29 is 4.74 Å². The maximum atomic E-state index is 12.8. The number of imidazole rings is 1. The van der Waals surface area contributed by atoms with Gasteiger partial charge in [-0.25, -0.2) is 4.98 Å². The first-order valence-corrected chi connectivity index (χ1v) is 10.8. The molecule has 32 heavy (non-hydrogen) atoms. The molecule has 1 aliphatic heterocycles. The minimum Gasteiger partial charge on any atom is -0.397 e. The molecule has 0 spiro atoms. The van der Waals surface area contributed by atoms with E-state index in [1.54, 1.807) is 0 Å². The molecule has 0 amide bonds. The van der Waals surface area contributed by atoms with Crippen LogP contribution in [0.1, 0.15) is 6.92 Å². The van der Waals surface area contributed by atoms with Crippen molar-refractivity contribution in [2.45, 2.75) is 19.1 Å². The monoisotopic (exact) mass is 432 g/mol. The van der Waals surface area contributed by atoms with Crippen molar-refractivity contribution >= 4 is 33.3 Å². The first kappa shape index (κ1) is 20.5. The van der Waals surface area contributed by atoms with E-state index in [4.69, 9.17) is 10.5 Å². The SMILES string of the molecule is C[C@H]1CO[C@H](CN(C)C)CN1c1ccc2nc(-c3c(N)c4ccccc4[nH]c3=O)[nH]c2c1. The number of hydrogen-bond donors (Lipinski definition) is 3. The Morgan fingerprint density at radius 1 is 1.19 bits per heavy atom. The molecule has 2 aromatic carbocycles. The van der Waals surface area contributed by atoms with Crippen molar-refractivity contribution in [3.05, 3.63) is 52.8 Å². The fraction of sp³-hybridized carbons (Fsp3) is 0.333. The third-order valence-corrected chi connectivity index (χ3v) is 6.07. The van der Waals surface area contributed by atoms with Crippen molar-refractivity contribution in [2.75, 3.05) is 44.4 Å². The summed E-state index contributed by atoms with van der Waals surface area (Å²) in [4.78, 5) is 28.2. The van der Waals surface area contributed by atoms with Gasteiger partial charge in [0.2, 0.25) is 0 Å². The van der Waals surface area contributed by atoms with Crippen LogP contribution < -0.4 is 16.2 Å². The predicted octanol–water partition coefficient (Wildman–Crippen LogP) is 2.81. The van der Waals surface area contributed by atoms with Gasteiger partial charge in [0, 0.05) is 30.2 Å². The van der Waals surface area contributed by atoms with E-state index in [2.05, 4.69) is 57.9 Å². The number of morpholine rings is 1. The van der Waals surface area contributed by atoms with Crippen molar-refractivity contribution in [3.63, 3.8) is 0 Å². The number of hydrogen-bond acceptors (Lipinski definition) is 6. The summed E-state index contributed by atoms with van der Waals surface area (Å²) in [6.07, 6.45) is 0.158. The van der Waals surface area contributed by atoms with Crippen LogP contribution in [0.25, 0.3) is 33.3 Å². The number of nitrogens with one attached hydrogen (secondary N) is 2. The van der Waals surface area contributed by atoms with Gasteiger partial charge in [-0.2, -0.15) is 0 Å². The van der Waals surface area contributed by atoms with E-state index in [0.29, 0.717) is 29.2 Å². The van der Waals surface area contributed by atoms with E-state index in [9.17, 15) is 4.79 Å². The topological polar surface area (TPSA) is 103 Å². The Kier molecular flexibility index (Phi) is 5.11. The number of benzene rings is 2. The number of nitrogens with zero attached hydrogens (tertiary/aromatic N) is 3. The molecule has 0 bridgehead atoms. The van der Waals surface area contributed by atoms with Gasteiger partial charge in [0.05, 0.1) is 34.9 Å². The highest BCUT2D eigenvalue weighted by atomic mass is 16.5. The lowest BCUT2D eigenvalue weighted by molar-refractivity contribution is 0.00880. The number of aromatic nitrogens is 3. The summed E-state index contributed by atoms with van der Waals surface area (Å²) in [5.41, 5.74) is 10.4. The molecule has 4 aromatic rings. The van der Waals surface area contributed by atoms with Crippen LogP contribution in [0.5, 0.6) is 0 Å². The van der Waals surface area contributed by atoms with Crippen LogP contribution in [-0.2, 0) is 4.74 Å². The fourth-order valence-electron chi connectivity index (χ4n) is 4.49. The Hall–Kier alpha value is -3.36. The zero-order chi connectivity index (χ0) is 22.4. The first-order valence-electron chi connectivity index (χ1n) is 10.8. The van der Waals surface area contributed by atoms with E-state index in [0.717, 1.165) is 35.2 Å². The number of aromatic amines is 2. The van der Waals surface area contributed by atoms with Crippen LogP contribution in [0.15, 0.2) is 47.3 Å². The molecule has 5 rings (SSSR count). The van der Waals surface area contributed by atoms with Gasteiger partial charge < -0.3 is 30.2 Å². The van der Waals surface area contributed by atoms with E-state index in [1.807, 2.05) is 30.3 Å². The van der Waals surface area contributed by atoms with E-state index < -0.39 is 0 Å². The molecule has 1 fully saturated rings. The van der Waals surface area contributed by atoms with Crippen molar-refractivity contribution in [1.29, 1.82) is 0 Å². The quantitative estimate of drug-likeness (QED) is 0.458. The molecular formula is C24H28N6O2. The van der Waals surface area contributed by atoms with Crippen molar-refractivity contribution in [3.8, 4) is 11.4 Å². The molecule has 166 valence electrons. The molecule has 0 saturated carbocycles. The number of anilines is 2. The normalized spacial score (nSPS) is 19.3. The minimum absolute atomic E-state index is 0.158. The number of fused-ring (bicyclic) bond motifs is 2. The number of ether oxygens (including phenoxy) is 1. The molecule has 8 heteroatoms. The van der Waals surface area contributed by atoms with Gasteiger partial charge in [-0.05, 0) is 45.3 Å². The van der Waals surface area contributed by atoms with Gasteiger partial charge in [0.1, 0.15) is 11.4 Å². The van der Waals surface area contributed by atoms with Crippen LogP contribution in [0.2, 0.25) is 0 Å². The third kappa shape index (κ3) is 3.61. The van der Waals surface area contributed by atoms with Crippen molar-refractivity contribution in [2.24, 2.45) is 0 Å². The van der Waals surface area contributed by atoms with Crippen LogP contribution >= 0.6 is 0 Å². The van der Waals surface area contributed by atoms with E-state index >= 15 is 0 Å². The molecule has 1 saturated heterocycles. The summed E-state index contributed by atoms with van der Waals surface area (Å²) in [7, 11) is 4.12. The average Bonchev–Trinajstić information content (AvgIpc) is 3.17. The van der Waals surface area contributed by atoms with Crippen LogP contribution in [0, 0.1) is 0 Å². The Morgan fingerprint density at radius 2 is 2.00 bits per heavy atom. The number of nitrogen functional groups attached to an aromatic ring is 1. The van der Waals surface area contributed by atoms with Crippen LogP contribution in [-0.4, -0.2) is 65.8 Å². The molecule has 8 nitrogen and oxygen atoms in total. The highest BCUT2D eigenvalue weighted by Gasteiger charge is 2.27. The highest BCUT2D eigenvalue weighted by molar-refractivity contribution is 5.97. The lowest BCUT2D eigenvalue weighted by atomic mass is 10.1. The van der Waals surface area contributed by atoms with Gasteiger partial charge >= 0.3 is 0 Å². The molecule has 0 unspecified atom stereocenters. The maximum absolute atomic E-state index is 12.8. The maximum Gasteiger partial charge on any atom is 0.261 e. The summed E-state index contributed by atoms with van der Waals surface area (Å²) in [6.45, 7) is 4.56. The molecule has 2 atom stereocenters. The van der Waals surface area contributed by atoms with Gasteiger partial charge in [0.25, 0.3) is 5.56 Å². The molecule has 3 heterocycles. The Balaban J connectivity index is 1.53. The second-order valence-electron chi connectivity index (χ2n) is 8.79. The first-order chi connectivity index (χ1) is 15.4. The van der Waals surface area contributed by atoms with Gasteiger partial charge in [0.15, 0.2) is 0 Å². The zero-order valence-corrected chi connectivity index (χ0v) is 18.6. The Bertz CT molecular complexity index is 1340. The summed E-state index contributed by atoms with van der Waals surface area (Å²) < 4.78 is 6.01. The number of para-hydroxylation sites is 1. The standard InChI is InChI=1S/C24H28N6O2/c1-14-13-32-16(11-29(2)3)12-30(14)15-8-9-19-20(10-15)27-23(26-19)21-22(25)17-6-4-5-7-18(17)28-24(21)31/h4-10,14,16H,11-13H2,1-3H3,(H,26,27)(H3,25,28,31)/t14-,16+/m0/s1. The van der Waals surface area contributed by atoms with E-state index in [1.165, 1.54) is 0 Å². The molecule has 1 aliphatic rings. The van der Waals surface area contributed by atoms with Gasteiger partial charge in [-0.1, -0.05) is 18.2 Å². The fourth-order valence-corrected chi connectivity index (χ4v) is 4.49. The van der Waals surface area contributed by atoms with Crippen LogP contribution in [0.3, 0.4) is 0 Å². The summed E-state index contributed by atoms with van der Waals surface area (Å²) >= 11 is 0. The van der Waals surface area contributed by atoms with E-state index in [-0.39, 0.29) is 17.7 Å². The zero-order valence-electron chi connectivity index (χ0n) is 18.6. The summed E-state index contributed by atoms with van der Waals surface area (Å²) in [5.74, 6) is 0.474. The number of nitrogens with two attached hydrogens (primary N) is 1.